The maximum atomic E-state index is 11.3. The second kappa shape index (κ2) is 6.74. The van der Waals surface area contributed by atoms with Gasteiger partial charge < -0.3 is 15.8 Å². The maximum absolute atomic E-state index is 11.3. The van der Waals surface area contributed by atoms with Gasteiger partial charge in [-0.2, -0.15) is 9.67 Å². The Kier molecular flexibility index (Phi) is 4.37. The molecule has 0 aliphatic heterocycles. The fourth-order valence-corrected chi connectivity index (χ4v) is 3.96. The number of primary sulfonamides is 1. The minimum atomic E-state index is -3.75. The van der Waals surface area contributed by atoms with Crippen LogP contribution in [0.5, 0.6) is 5.75 Å². The van der Waals surface area contributed by atoms with Gasteiger partial charge in [0, 0.05) is 5.69 Å². The number of fused-ring (bicyclic) bond motifs is 1. The fraction of sp³-hybridized carbons (Fsp3) is 0.0625. The number of benzene rings is 2. The van der Waals surface area contributed by atoms with Crippen molar-refractivity contribution >= 4 is 49.2 Å². The van der Waals surface area contributed by atoms with Gasteiger partial charge in [-0.3, -0.25) is 0 Å². The number of nitrogens with two attached hydrogens (primary N) is 2. The number of ether oxygens (including phenoxy) is 1. The highest BCUT2D eigenvalue weighted by Gasteiger charge is 2.14. The quantitative estimate of drug-likeness (QED) is 0.445. The number of sulfonamides is 1. The first-order valence-electron chi connectivity index (χ1n) is 7.91. The summed E-state index contributed by atoms with van der Waals surface area (Å²) in [6, 6.07) is 11.5. The lowest BCUT2D eigenvalue weighted by molar-refractivity contribution is 0.415. The summed E-state index contributed by atoms with van der Waals surface area (Å²) in [7, 11) is -2.14. The van der Waals surface area contributed by atoms with E-state index < -0.39 is 10.0 Å². The molecule has 0 fully saturated rings. The highest BCUT2D eigenvalue weighted by atomic mass is 32.2. The van der Waals surface area contributed by atoms with Crippen LogP contribution in [0.1, 0.15) is 0 Å². The van der Waals surface area contributed by atoms with Gasteiger partial charge in [0.05, 0.1) is 22.2 Å². The van der Waals surface area contributed by atoms with Gasteiger partial charge in [-0.15, -0.1) is 5.10 Å². The van der Waals surface area contributed by atoms with E-state index in [-0.39, 0.29) is 16.8 Å². The number of thiazole rings is 1. The van der Waals surface area contributed by atoms with Crippen LogP contribution in [0.25, 0.3) is 15.3 Å². The molecular formula is C16H15N7O3S2. The molecule has 4 rings (SSSR count). The van der Waals surface area contributed by atoms with E-state index in [1.807, 2.05) is 18.2 Å². The van der Waals surface area contributed by atoms with Crippen molar-refractivity contribution in [1.29, 1.82) is 0 Å². The van der Waals surface area contributed by atoms with E-state index in [4.69, 9.17) is 15.6 Å². The molecule has 0 aliphatic carbocycles. The van der Waals surface area contributed by atoms with E-state index in [9.17, 15) is 8.42 Å². The minimum absolute atomic E-state index is 0.0148. The van der Waals surface area contributed by atoms with E-state index >= 15 is 0 Å². The molecule has 12 heteroatoms. The third-order valence-electron chi connectivity index (χ3n) is 3.84. The standard InChI is InChI=1S/C16H15N7O3S2/c1-26-10-4-7-12-13(8-10)27-16(20-12)23-14(17)21-15(22-23)19-9-2-5-11(6-3-9)28(18,24)25/h2-8H,1H3,(H2,18,24,25)(H3,17,19,21,22). The normalized spacial score (nSPS) is 11.6. The number of anilines is 3. The van der Waals surface area contributed by atoms with Crippen molar-refractivity contribution in [2.24, 2.45) is 5.14 Å². The largest absolute Gasteiger partial charge is 0.497 e. The van der Waals surface area contributed by atoms with Gasteiger partial charge in [0.25, 0.3) is 0 Å². The predicted octanol–water partition coefficient (Wildman–Crippen LogP) is 1.86. The van der Waals surface area contributed by atoms with E-state index in [1.165, 1.54) is 28.2 Å². The first-order valence-corrected chi connectivity index (χ1v) is 10.3. The molecule has 144 valence electrons. The zero-order valence-corrected chi connectivity index (χ0v) is 16.2. The van der Waals surface area contributed by atoms with Gasteiger partial charge >= 0.3 is 0 Å². The molecule has 0 saturated carbocycles. The molecule has 0 aliphatic rings. The molecule has 5 N–H and O–H groups in total. The van der Waals surface area contributed by atoms with Crippen LogP contribution in [0.2, 0.25) is 0 Å². The number of hydrogen-bond donors (Lipinski definition) is 3. The van der Waals surface area contributed by atoms with Crippen molar-refractivity contribution in [2.45, 2.75) is 4.90 Å². The Labute approximate surface area is 163 Å². The van der Waals surface area contributed by atoms with Crippen LogP contribution in [0.3, 0.4) is 0 Å². The van der Waals surface area contributed by atoms with E-state index in [0.29, 0.717) is 10.8 Å². The molecule has 0 spiro atoms. The van der Waals surface area contributed by atoms with E-state index in [0.717, 1.165) is 16.0 Å². The lowest BCUT2D eigenvalue weighted by atomic mass is 10.3. The van der Waals surface area contributed by atoms with Crippen molar-refractivity contribution in [1.82, 2.24) is 19.7 Å². The summed E-state index contributed by atoms with van der Waals surface area (Å²) in [6.07, 6.45) is 0. The number of nitrogens with one attached hydrogen (secondary N) is 1. The number of aromatic nitrogens is 4. The molecule has 0 radical (unpaired) electrons. The lowest BCUT2D eigenvalue weighted by Gasteiger charge is -2.02. The molecule has 2 aromatic heterocycles. The van der Waals surface area contributed by atoms with Gasteiger partial charge in [0.15, 0.2) is 0 Å². The zero-order chi connectivity index (χ0) is 19.9. The molecular weight excluding hydrogens is 402 g/mol. The molecule has 10 nitrogen and oxygen atoms in total. The summed E-state index contributed by atoms with van der Waals surface area (Å²) in [5.41, 5.74) is 7.36. The summed E-state index contributed by atoms with van der Waals surface area (Å²) < 4.78 is 30.2. The highest BCUT2D eigenvalue weighted by molar-refractivity contribution is 7.89. The first kappa shape index (κ1) is 18.2. The molecule has 4 aromatic rings. The van der Waals surface area contributed by atoms with E-state index in [1.54, 1.807) is 19.2 Å². The molecule has 0 amide bonds. The summed E-state index contributed by atoms with van der Waals surface area (Å²) in [4.78, 5) is 8.70. The SMILES string of the molecule is COc1ccc2nc(-n3nc(Nc4ccc(S(N)(=O)=O)cc4)nc3N)sc2c1. The fourth-order valence-electron chi connectivity index (χ4n) is 2.49. The molecule has 2 heterocycles. The van der Waals surface area contributed by atoms with Crippen LogP contribution in [0.4, 0.5) is 17.6 Å². The number of rotatable bonds is 5. The highest BCUT2D eigenvalue weighted by Crippen LogP contribution is 2.29. The van der Waals surface area contributed by atoms with Gasteiger partial charge in [-0.1, -0.05) is 11.3 Å². The average molecular weight is 417 g/mol. The summed E-state index contributed by atoms with van der Waals surface area (Å²) in [5, 5.41) is 12.9. The topological polar surface area (TPSA) is 151 Å². The average Bonchev–Trinajstić information content (AvgIpc) is 3.23. The van der Waals surface area contributed by atoms with Gasteiger partial charge in [-0.25, -0.2) is 18.5 Å². The zero-order valence-electron chi connectivity index (χ0n) is 14.5. The molecule has 28 heavy (non-hydrogen) atoms. The van der Waals surface area contributed by atoms with Gasteiger partial charge in [-0.05, 0) is 42.5 Å². The Balaban J connectivity index is 1.62. The Hall–Kier alpha value is -3.22. The van der Waals surface area contributed by atoms with Crippen molar-refractivity contribution in [2.75, 3.05) is 18.2 Å². The third-order valence-corrected chi connectivity index (χ3v) is 5.76. The minimum Gasteiger partial charge on any atom is -0.497 e. The number of hydrogen-bond acceptors (Lipinski definition) is 9. The second-order valence-electron chi connectivity index (χ2n) is 5.73. The van der Waals surface area contributed by atoms with Gasteiger partial charge in [0.1, 0.15) is 5.75 Å². The van der Waals surface area contributed by atoms with Gasteiger partial charge in [0.2, 0.25) is 27.1 Å². The van der Waals surface area contributed by atoms with Crippen molar-refractivity contribution in [3.8, 4) is 10.9 Å². The molecule has 2 aromatic carbocycles. The van der Waals surface area contributed by atoms with Crippen LogP contribution in [0.15, 0.2) is 47.4 Å². The summed E-state index contributed by atoms with van der Waals surface area (Å²) in [6.45, 7) is 0. The van der Waals surface area contributed by atoms with Crippen molar-refractivity contribution < 1.29 is 13.2 Å². The molecule has 0 atom stereocenters. The Bertz CT molecular complexity index is 1260. The van der Waals surface area contributed by atoms with Crippen LogP contribution < -0.4 is 20.9 Å². The number of nitrogen functional groups attached to an aromatic ring is 1. The Morgan fingerprint density at radius 3 is 2.57 bits per heavy atom. The second-order valence-corrected chi connectivity index (χ2v) is 8.30. The lowest BCUT2D eigenvalue weighted by Crippen LogP contribution is -2.11. The van der Waals surface area contributed by atoms with Crippen molar-refractivity contribution in [3.05, 3.63) is 42.5 Å². The Morgan fingerprint density at radius 2 is 1.89 bits per heavy atom. The summed E-state index contributed by atoms with van der Waals surface area (Å²) in [5.74, 6) is 1.15. The van der Waals surface area contributed by atoms with Crippen molar-refractivity contribution in [3.63, 3.8) is 0 Å². The van der Waals surface area contributed by atoms with Crippen LogP contribution in [-0.2, 0) is 10.0 Å². The maximum Gasteiger partial charge on any atom is 0.248 e. The molecule has 0 bridgehead atoms. The monoisotopic (exact) mass is 417 g/mol. The molecule has 0 saturated heterocycles. The summed E-state index contributed by atoms with van der Waals surface area (Å²) >= 11 is 1.40. The predicted molar refractivity (Wildman–Crippen MR) is 107 cm³/mol. The number of nitrogens with zero attached hydrogens (tertiary/aromatic N) is 4. The Morgan fingerprint density at radius 1 is 1.14 bits per heavy atom. The molecule has 0 unspecified atom stereocenters. The number of methoxy groups -OCH3 is 1. The smallest absolute Gasteiger partial charge is 0.248 e. The third kappa shape index (κ3) is 3.47. The first-order chi connectivity index (χ1) is 13.3. The van der Waals surface area contributed by atoms with Crippen LogP contribution in [-0.4, -0.2) is 35.3 Å². The van der Waals surface area contributed by atoms with E-state index in [2.05, 4.69) is 20.4 Å². The van der Waals surface area contributed by atoms with Crippen LogP contribution >= 0.6 is 11.3 Å². The van der Waals surface area contributed by atoms with Crippen LogP contribution in [0, 0.1) is 0 Å².